The quantitative estimate of drug-likeness (QED) is 0.188. The number of furan rings is 1. The number of nitrogens with zero attached hydrogens (tertiary/aromatic N) is 1. The SMILES string of the molecule is O=C1OC(c2ccco2)=N/C1=C\c1cc(Br)c(OCc2ccccc2I)c(Br)c1. The summed E-state index contributed by atoms with van der Waals surface area (Å²) in [5.74, 6) is 0.716. The first-order chi connectivity index (χ1) is 14.0. The van der Waals surface area contributed by atoms with Gasteiger partial charge in [-0.25, -0.2) is 9.79 Å². The molecule has 0 spiro atoms. The van der Waals surface area contributed by atoms with Crippen LogP contribution in [0.4, 0.5) is 0 Å². The Labute approximate surface area is 197 Å². The van der Waals surface area contributed by atoms with Crippen LogP contribution in [0.3, 0.4) is 0 Å². The summed E-state index contributed by atoms with van der Waals surface area (Å²) in [5, 5.41) is 0. The summed E-state index contributed by atoms with van der Waals surface area (Å²) in [5.41, 5.74) is 2.07. The van der Waals surface area contributed by atoms with Gasteiger partial charge in [-0.2, -0.15) is 0 Å². The summed E-state index contributed by atoms with van der Waals surface area (Å²) < 4.78 is 19.0. The van der Waals surface area contributed by atoms with Crippen LogP contribution in [0.15, 0.2) is 78.8 Å². The molecule has 1 aromatic heterocycles. The van der Waals surface area contributed by atoms with Gasteiger partial charge in [0.15, 0.2) is 11.5 Å². The number of aliphatic imine (C=N–C) groups is 1. The molecule has 0 amide bonds. The lowest BCUT2D eigenvalue weighted by Crippen LogP contribution is -2.04. The largest absolute Gasteiger partial charge is 0.486 e. The van der Waals surface area contributed by atoms with Gasteiger partial charge in [0.2, 0.25) is 0 Å². The van der Waals surface area contributed by atoms with E-state index in [2.05, 4.69) is 59.4 Å². The molecule has 1 aliphatic heterocycles. The zero-order chi connectivity index (χ0) is 20.4. The van der Waals surface area contributed by atoms with Crippen molar-refractivity contribution in [2.45, 2.75) is 6.61 Å². The molecule has 1 aliphatic rings. The second-order valence-electron chi connectivity index (χ2n) is 6.01. The lowest BCUT2D eigenvalue weighted by molar-refractivity contribution is -0.130. The van der Waals surface area contributed by atoms with Crippen molar-refractivity contribution in [2.24, 2.45) is 4.99 Å². The van der Waals surface area contributed by atoms with Gasteiger partial charge in [-0.3, -0.25) is 0 Å². The molecular weight excluding hydrogens is 617 g/mol. The van der Waals surface area contributed by atoms with Crippen LogP contribution < -0.4 is 4.74 Å². The van der Waals surface area contributed by atoms with Crippen molar-refractivity contribution in [3.63, 3.8) is 0 Å². The topological polar surface area (TPSA) is 61.0 Å². The zero-order valence-electron chi connectivity index (χ0n) is 14.7. The summed E-state index contributed by atoms with van der Waals surface area (Å²) in [6.45, 7) is 0.444. The third-order valence-electron chi connectivity index (χ3n) is 4.01. The van der Waals surface area contributed by atoms with Crippen molar-refractivity contribution in [3.05, 3.63) is 89.9 Å². The summed E-state index contributed by atoms with van der Waals surface area (Å²) in [6.07, 6.45) is 3.15. The molecule has 0 unspecified atom stereocenters. The molecule has 0 aliphatic carbocycles. The molecule has 0 saturated heterocycles. The number of benzene rings is 2. The maximum Gasteiger partial charge on any atom is 0.363 e. The highest BCUT2D eigenvalue weighted by atomic mass is 127. The van der Waals surface area contributed by atoms with Crippen molar-refractivity contribution < 1.29 is 18.7 Å². The number of carbonyl (C=O) groups is 1. The average Bonchev–Trinajstić information content (AvgIpc) is 3.33. The predicted molar refractivity (Wildman–Crippen MR) is 125 cm³/mol. The predicted octanol–water partition coefficient (Wildman–Crippen LogP) is 6.33. The first-order valence-electron chi connectivity index (χ1n) is 8.43. The molecule has 0 radical (unpaired) electrons. The Morgan fingerprint density at radius 1 is 1.10 bits per heavy atom. The van der Waals surface area contributed by atoms with E-state index in [1.165, 1.54) is 6.26 Å². The van der Waals surface area contributed by atoms with E-state index < -0.39 is 5.97 Å². The number of carbonyl (C=O) groups excluding carboxylic acids is 1. The van der Waals surface area contributed by atoms with Crippen LogP contribution in [-0.2, 0) is 16.1 Å². The van der Waals surface area contributed by atoms with Gasteiger partial charge >= 0.3 is 5.97 Å². The highest BCUT2D eigenvalue weighted by Gasteiger charge is 2.26. The number of esters is 1. The molecule has 4 rings (SSSR count). The van der Waals surface area contributed by atoms with Gasteiger partial charge in [0.25, 0.3) is 5.90 Å². The third-order valence-corrected chi connectivity index (χ3v) is 6.24. The Morgan fingerprint density at radius 2 is 1.86 bits per heavy atom. The molecule has 0 N–H and O–H groups in total. The second-order valence-corrected chi connectivity index (χ2v) is 8.88. The van der Waals surface area contributed by atoms with E-state index in [1.54, 1.807) is 18.2 Å². The molecule has 5 nitrogen and oxygen atoms in total. The molecule has 2 aromatic carbocycles. The normalized spacial score (nSPS) is 14.8. The van der Waals surface area contributed by atoms with Gasteiger partial charge in [0.05, 0.1) is 15.2 Å². The maximum atomic E-state index is 12.1. The van der Waals surface area contributed by atoms with Crippen LogP contribution >= 0.6 is 54.5 Å². The van der Waals surface area contributed by atoms with Crippen LogP contribution in [0.5, 0.6) is 5.75 Å². The van der Waals surface area contributed by atoms with Crippen molar-refractivity contribution >= 4 is 72.4 Å². The van der Waals surface area contributed by atoms with Crippen molar-refractivity contribution in [3.8, 4) is 5.75 Å². The van der Waals surface area contributed by atoms with Gasteiger partial charge in [0, 0.05) is 9.13 Å². The molecule has 0 fully saturated rings. The Hall–Kier alpha value is -1.91. The number of cyclic esters (lactones) is 1. The fraction of sp³-hybridized carbons (Fsp3) is 0.0476. The Balaban J connectivity index is 1.56. The standard InChI is InChI=1S/C21H12Br2INO4/c22-14-8-12(10-17-21(26)29-20(25-17)18-6-3-7-27-18)9-15(23)19(14)28-11-13-4-1-2-5-16(13)24/h1-10H,11H2/b17-10-. The second kappa shape index (κ2) is 8.85. The van der Waals surface area contributed by atoms with E-state index >= 15 is 0 Å². The minimum absolute atomic E-state index is 0.154. The summed E-state index contributed by atoms with van der Waals surface area (Å²) in [7, 11) is 0. The summed E-state index contributed by atoms with van der Waals surface area (Å²) >= 11 is 9.38. The highest BCUT2D eigenvalue weighted by molar-refractivity contribution is 14.1. The third kappa shape index (κ3) is 4.65. The van der Waals surface area contributed by atoms with Gasteiger partial charge in [-0.05, 0) is 96.4 Å². The van der Waals surface area contributed by atoms with Gasteiger partial charge < -0.3 is 13.9 Å². The van der Waals surface area contributed by atoms with E-state index in [0.717, 1.165) is 23.6 Å². The lowest BCUT2D eigenvalue weighted by atomic mass is 10.2. The van der Waals surface area contributed by atoms with Crippen LogP contribution in [0.1, 0.15) is 16.9 Å². The van der Waals surface area contributed by atoms with E-state index in [0.29, 0.717) is 18.1 Å². The smallest absolute Gasteiger partial charge is 0.363 e. The minimum atomic E-state index is -0.525. The molecule has 8 heteroatoms. The van der Waals surface area contributed by atoms with Crippen molar-refractivity contribution in [2.75, 3.05) is 0 Å². The first kappa shape index (κ1) is 20.4. The number of hydrogen-bond acceptors (Lipinski definition) is 5. The maximum absolute atomic E-state index is 12.1. The zero-order valence-corrected chi connectivity index (χ0v) is 20.0. The van der Waals surface area contributed by atoms with Crippen molar-refractivity contribution in [1.29, 1.82) is 0 Å². The summed E-state index contributed by atoms with van der Waals surface area (Å²) in [4.78, 5) is 16.3. The monoisotopic (exact) mass is 627 g/mol. The van der Waals surface area contributed by atoms with E-state index in [9.17, 15) is 4.79 Å². The first-order valence-corrected chi connectivity index (χ1v) is 11.1. The Morgan fingerprint density at radius 3 is 2.55 bits per heavy atom. The van der Waals surface area contributed by atoms with Crippen LogP contribution in [0.2, 0.25) is 0 Å². The molecule has 2 heterocycles. The van der Waals surface area contributed by atoms with E-state index in [1.807, 2.05) is 36.4 Å². The molecule has 0 bridgehead atoms. The molecule has 29 heavy (non-hydrogen) atoms. The van der Waals surface area contributed by atoms with Gasteiger partial charge in [-0.1, -0.05) is 18.2 Å². The number of halogens is 3. The molecule has 3 aromatic rings. The van der Waals surface area contributed by atoms with Crippen molar-refractivity contribution in [1.82, 2.24) is 0 Å². The molecular formula is C21H12Br2INO4. The molecule has 146 valence electrons. The molecule has 0 saturated carbocycles. The number of rotatable bonds is 5. The number of ether oxygens (including phenoxy) is 2. The summed E-state index contributed by atoms with van der Waals surface area (Å²) in [6, 6.07) is 15.2. The Bertz CT molecular complexity index is 1120. The van der Waals surface area contributed by atoms with E-state index in [4.69, 9.17) is 13.9 Å². The van der Waals surface area contributed by atoms with Crippen LogP contribution in [-0.4, -0.2) is 11.9 Å². The molecule has 0 atom stereocenters. The van der Waals surface area contributed by atoms with Gasteiger partial charge in [0.1, 0.15) is 12.4 Å². The fourth-order valence-electron chi connectivity index (χ4n) is 2.64. The van der Waals surface area contributed by atoms with Crippen LogP contribution in [0, 0.1) is 3.57 Å². The lowest BCUT2D eigenvalue weighted by Gasteiger charge is -2.12. The van der Waals surface area contributed by atoms with E-state index in [-0.39, 0.29) is 11.6 Å². The van der Waals surface area contributed by atoms with Gasteiger partial charge in [-0.15, -0.1) is 0 Å². The Kier molecular flexibility index (Phi) is 6.21. The van der Waals surface area contributed by atoms with Crippen LogP contribution in [0.25, 0.3) is 6.08 Å². The number of hydrogen-bond donors (Lipinski definition) is 0. The fourth-order valence-corrected chi connectivity index (χ4v) is 4.63. The highest BCUT2D eigenvalue weighted by Crippen LogP contribution is 2.36. The minimum Gasteiger partial charge on any atom is -0.486 e. The average molecular weight is 629 g/mol.